The second-order valence-electron chi connectivity index (χ2n) is 8.73. The highest BCUT2D eigenvalue weighted by Gasteiger charge is 2.41. The lowest BCUT2D eigenvalue weighted by Gasteiger charge is -2.40. The van der Waals surface area contributed by atoms with Crippen LogP contribution in [0.15, 0.2) is 41.9 Å². The third-order valence-corrected chi connectivity index (χ3v) is 7.82. The van der Waals surface area contributed by atoms with Crippen LogP contribution in [0.4, 0.5) is 0 Å². The number of methoxy groups -OCH3 is 1. The molecule has 4 rings (SSSR count). The summed E-state index contributed by atoms with van der Waals surface area (Å²) in [4.78, 5) is 20.3. The molecule has 0 bridgehead atoms. The first-order valence-corrected chi connectivity index (χ1v) is 12.7. The van der Waals surface area contributed by atoms with Crippen LogP contribution in [0.3, 0.4) is 0 Å². The van der Waals surface area contributed by atoms with Gasteiger partial charge in [0, 0.05) is 30.2 Å². The molecule has 0 aliphatic carbocycles. The summed E-state index contributed by atoms with van der Waals surface area (Å²) in [6.07, 6.45) is 2.46. The van der Waals surface area contributed by atoms with Gasteiger partial charge in [-0.25, -0.2) is 5.48 Å². The van der Waals surface area contributed by atoms with E-state index in [0.29, 0.717) is 72.6 Å². The number of carbonyl (C=O) groups is 1. The van der Waals surface area contributed by atoms with E-state index in [-0.39, 0.29) is 0 Å². The number of likely N-dealkylation sites (tertiary alicyclic amines) is 1. The molecule has 0 spiro atoms. The lowest BCUT2D eigenvalue weighted by Crippen LogP contribution is -2.48. The molecule has 9 heteroatoms. The zero-order valence-corrected chi connectivity index (χ0v) is 21.0. The number of rotatable bonds is 7. The van der Waals surface area contributed by atoms with Crippen LogP contribution in [-0.4, -0.2) is 52.8 Å². The standard InChI is InChI=1S/C26H28ClN3O4S/c1-34-18-6-7-22-20(16-18)24(21(27)17-28-22)23(31)8-9-26(25(32)29-33)10-13-30(14-11-26)12-2-4-19-5-3-15-35-19/h3,5-7,15-17,23,31,33H,8-14H2,1H3,(H,29,32)/t23-/m1/s1. The predicted octanol–water partition coefficient (Wildman–Crippen LogP) is 4.41. The number of hydrogen-bond donors (Lipinski definition) is 3. The number of aliphatic hydroxyl groups excluding tert-OH is 1. The highest BCUT2D eigenvalue weighted by molar-refractivity contribution is 7.10. The van der Waals surface area contributed by atoms with Gasteiger partial charge in [0.15, 0.2) is 0 Å². The fourth-order valence-corrected chi connectivity index (χ4v) is 5.50. The number of aliphatic hydroxyl groups is 1. The zero-order valence-electron chi connectivity index (χ0n) is 19.5. The third-order valence-electron chi connectivity index (χ3n) is 6.73. The van der Waals surface area contributed by atoms with Gasteiger partial charge in [0.05, 0.1) is 40.6 Å². The van der Waals surface area contributed by atoms with Gasteiger partial charge >= 0.3 is 0 Å². The maximum Gasteiger partial charge on any atom is 0.249 e. The molecule has 3 aromatic rings. The van der Waals surface area contributed by atoms with E-state index in [1.165, 1.54) is 6.20 Å². The molecular weight excluding hydrogens is 486 g/mol. The molecule has 1 saturated heterocycles. The molecule has 1 amide bonds. The van der Waals surface area contributed by atoms with Crippen LogP contribution in [0, 0.1) is 17.3 Å². The van der Waals surface area contributed by atoms with E-state index in [9.17, 15) is 15.1 Å². The van der Waals surface area contributed by atoms with Crippen molar-refractivity contribution in [1.82, 2.24) is 15.4 Å². The summed E-state index contributed by atoms with van der Waals surface area (Å²) in [5.41, 5.74) is 2.34. The molecule has 0 radical (unpaired) electrons. The van der Waals surface area contributed by atoms with E-state index < -0.39 is 17.4 Å². The molecule has 184 valence electrons. The monoisotopic (exact) mass is 513 g/mol. The van der Waals surface area contributed by atoms with E-state index in [4.69, 9.17) is 16.3 Å². The summed E-state index contributed by atoms with van der Waals surface area (Å²) in [5, 5.41) is 23.7. The van der Waals surface area contributed by atoms with E-state index in [1.807, 2.05) is 29.1 Å². The second kappa shape index (κ2) is 11.4. The molecule has 1 fully saturated rings. The number of piperidine rings is 1. The van der Waals surface area contributed by atoms with Crippen molar-refractivity contribution in [3.63, 3.8) is 0 Å². The number of benzene rings is 1. The number of nitrogens with zero attached hydrogens (tertiary/aromatic N) is 2. The number of ether oxygens (including phenoxy) is 1. The maximum atomic E-state index is 12.7. The van der Waals surface area contributed by atoms with Crippen LogP contribution in [0.25, 0.3) is 10.9 Å². The van der Waals surface area contributed by atoms with Crippen LogP contribution in [0.5, 0.6) is 5.75 Å². The van der Waals surface area contributed by atoms with Crippen molar-refractivity contribution < 1.29 is 19.8 Å². The van der Waals surface area contributed by atoms with Crippen molar-refractivity contribution in [2.45, 2.75) is 31.8 Å². The van der Waals surface area contributed by atoms with E-state index in [0.717, 1.165) is 4.88 Å². The Kier molecular flexibility index (Phi) is 8.26. The Labute approximate surface area is 213 Å². The van der Waals surface area contributed by atoms with Gasteiger partial charge < -0.3 is 9.84 Å². The Bertz CT molecular complexity index is 1230. The number of aromatic nitrogens is 1. The lowest BCUT2D eigenvalue weighted by molar-refractivity contribution is -0.143. The Morgan fingerprint density at radius 2 is 2.17 bits per heavy atom. The van der Waals surface area contributed by atoms with Crippen molar-refractivity contribution in [2.75, 3.05) is 26.7 Å². The average molecular weight is 514 g/mol. The molecule has 0 saturated carbocycles. The molecule has 3 heterocycles. The number of carbonyl (C=O) groups excluding carboxylic acids is 1. The highest BCUT2D eigenvalue weighted by atomic mass is 35.5. The summed E-state index contributed by atoms with van der Waals surface area (Å²) in [7, 11) is 1.58. The van der Waals surface area contributed by atoms with Crippen molar-refractivity contribution >= 4 is 39.7 Å². The van der Waals surface area contributed by atoms with Gasteiger partial charge in [0.25, 0.3) is 0 Å². The van der Waals surface area contributed by atoms with Crippen LogP contribution in [-0.2, 0) is 4.79 Å². The summed E-state index contributed by atoms with van der Waals surface area (Å²) >= 11 is 8.05. The zero-order chi connectivity index (χ0) is 24.8. The van der Waals surface area contributed by atoms with Crippen LogP contribution in [0.2, 0.25) is 5.02 Å². The van der Waals surface area contributed by atoms with Gasteiger partial charge in [-0.2, -0.15) is 0 Å². The largest absolute Gasteiger partial charge is 0.497 e. The first kappa shape index (κ1) is 25.4. The summed E-state index contributed by atoms with van der Waals surface area (Å²) in [6.45, 7) is 1.98. The summed E-state index contributed by atoms with van der Waals surface area (Å²) < 4.78 is 5.33. The SMILES string of the molecule is COc1ccc2ncc(Cl)c([C@H](O)CCC3(C(=O)NO)CCN(CC#Cc4cccs4)CC3)c2c1. The fourth-order valence-electron chi connectivity index (χ4n) is 4.63. The Morgan fingerprint density at radius 1 is 1.37 bits per heavy atom. The molecule has 1 atom stereocenters. The molecule has 3 N–H and O–H groups in total. The van der Waals surface area contributed by atoms with Gasteiger partial charge in [-0.05, 0) is 55.3 Å². The number of amides is 1. The summed E-state index contributed by atoms with van der Waals surface area (Å²) in [5.74, 6) is 6.58. The van der Waals surface area contributed by atoms with Gasteiger partial charge in [-0.3, -0.25) is 19.9 Å². The van der Waals surface area contributed by atoms with E-state index >= 15 is 0 Å². The predicted molar refractivity (Wildman–Crippen MR) is 137 cm³/mol. The first-order valence-electron chi connectivity index (χ1n) is 11.5. The average Bonchev–Trinajstić information content (AvgIpc) is 3.40. The molecule has 7 nitrogen and oxygen atoms in total. The van der Waals surface area contributed by atoms with Crippen LogP contribution >= 0.6 is 22.9 Å². The number of pyridine rings is 1. The smallest absolute Gasteiger partial charge is 0.249 e. The second-order valence-corrected chi connectivity index (χ2v) is 10.1. The molecular formula is C26H28ClN3O4S. The molecule has 35 heavy (non-hydrogen) atoms. The van der Waals surface area contributed by atoms with Gasteiger partial charge in [-0.1, -0.05) is 29.5 Å². The first-order chi connectivity index (χ1) is 17.0. The molecule has 1 aliphatic heterocycles. The number of halogens is 1. The summed E-state index contributed by atoms with van der Waals surface area (Å²) in [6, 6.07) is 9.39. The Hall–Kier alpha value is -2.67. The topological polar surface area (TPSA) is 94.9 Å². The van der Waals surface area contributed by atoms with Crippen LogP contribution in [0.1, 0.15) is 42.2 Å². The minimum absolute atomic E-state index is 0.307. The molecule has 0 unspecified atom stereocenters. The molecule has 2 aromatic heterocycles. The number of hydrogen-bond acceptors (Lipinski definition) is 7. The van der Waals surface area contributed by atoms with Crippen LogP contribution < -0.4 is 10.2 Å². The minimum atomic E-state index is -0.904. The van der Waals surface area contributed by atoms with E-state index in [2.05, 4.69) is 21.7 Å². The van der Waals surface area contributed by atoms with E-state index in [1.54, 1.807) is 30.6 Å². The number of thiophene rings is 1. The van der Waals surface area contributed by atoms with Crippen molar-refractivity contribution in [3.8, 4) is 17.6 Å². The fraction of sp³-hybridized carbons (Fsp3) is 0.385. The van der Waals surface area contributed by atoms with Crippen molar-refractivity contribution in [1.29, 1.82) is 0 Å². The van der Waals surface area contributed by atoms with Gasteiger partial charge in [-0.15, -0.1) is 11.3 Å². The Morgan fingerprint density at radius 3 is 2.86 bits per heavy atom. The number of fused-ring (bicyclic) bond motifs is 1. The normalized spacial score (nSPS) is 16.3. The number of hydroxylamine groups is 1. The quantitative estimate of drug-likeness (QED) is 0.246. The highest BCUT2D eigenvalue weighted by Crippen LogP contribution is 2.41. The van der Waals surface area contributed by atoms with Gasteiger partial charge in [0.1, 0.15) is 5.75 Å². The molecule has 1 aromatic carbocycles. The van der Waals surface area contributed by atoms with Crippen molar-refractivity contribution in [2.24, 2.45) is 5.41 Å². The van der Waals surface area contributed by atoms with Gasteiger partial charge in [0.2, 0.25) is 5.91 Å². The lowest BCUT2D eigenvalue weighted by atomic mass is 9.73. The number of nitrogens with one attached hydrogen (secondary N) is 1. The Balaban J connectivity index is 1.46. The maximum absolute atomic E-state index is 12.7. The third kappa shape index (κ3) is 5.77. The van der Waals surface area contributed by atoms with Crippen molar-refractivity contribution in [3.05, 3.63) is 57.4 Å². The minimum Gasteiger partial charge on any atom is -0.497 e. The molecule has 1 aliphatic rings.